The van der Waals surface area contributed by atoms with Gasteiger partial charge in [-0.15, -0.1) is 0 Å². The minimum Gasteiger partial charge on any atom is -0.376 e. The zero-order valence-corrected chi connectivity index (χ0v) is 16.4. The monoisotopic (exact) mass is 406 g/mol. The second-order valence-electron chi connectivity index (χ2n) is 6.70. The van der Waals surface area contributed by atoms with Crippen molar-refractivity contribution in [3.8, 4) is 0 Å². The Morgan fingerprint density at radius 2 is 2.25 bits per heavy atom. The predicted molar refractivity (Wildman–Crippen MR) is 110 cm³/mol. The number of piperidine rings is 1. The third-order valence-electron chi connectivity index (χ3n) is 4.73. The smallest absolute Gasteiger partial charge is 0.239 e. The van der Waals surface area contributed by atoms with E-state index in [1.807, 2.05) is 18.0 Å². The van der Waals surface area contributed by atoms with Crippen LogP contribution in [0.25, 0.3) is 0 Å². The van der Waals surface area contributed by atoms with Gasteiger partial charge < -0.3 is 25.8 Å². The van der Waals surface area contributed by atoms with Gasteiger partial charge in [-0.3, -0.25) is 10.2 Å². The van der Waals surface area contributed by atoms with E-state index in [4.69, 9.17) is 17.0 Å². The van der Waals surface area contributed by atoms with Gasteiger partial charge >= 0.3 is 0 Å². The standard InChI is InChI=1S/C19H24ClFN6O/c1-23-19-14(6-7-24-19)18(22)27-8-2-3-13(11-27)26-17(28)10-25-12-4-5-16(21)15(20)9-12/h4-7,9,13,22-25H,2-3,8,10-11H2,1H3,(H,26,28). The van der Waals surface area contributed by atoms with Crippen LogP contribution in [0.2, 0.25) is 5.02 Å². The van der Waals surface area contributed by atoms with Crippen LogP contribution in [0.4, 0.5) is 15.9 Å². The maximum absolute atomic E-state index is 13.2. The van der Waals surface area contributed by atoms with Crippen LogP contribution in [0.3, 0.4) is 0 Å². The first kappa shape index (κ1) is 20.0. The summed E-state index contributed by atoms with van der Waals surface area (Å²) >= 11 is 5.75. The first-order valence-corrected chi connectivity index (χ1v) is 9.53. The third-order valence-corrected chi connectivity index (χ3v) is 5.02. The Morgan fingerprint density at radius 1 is 1.43 bits per heavy atom. The van der Waals surface area contributed by atoms with Gasteiger partial charge in [0.15, 0.2) is 0 Å². The summed E-state index contributed by atoms with van der Waals surface area (Å²) in [7, 11) is 1.81. The minimum atomic E-state index is -0.495. The summed E-state index contributed by atoms with van der Waals surface area (Å²) in [6.07, 6.45) is 3.56. The Labute approximate surface area is 168 Å². The van der Waals surface area contributed by atoms with E-state index < -0.39 is 5.82 Å². The molecule has 1 amide bonds. The second kappa shape index (κ2) is 8.97. The number of likely N-dealkylation sites (tertiary alicyclic amines) is 1. The lowest BCUT2D eigenvalue weighted by atomic mass is 10.0. The van der Waals surface area contributed by atoms with Gasteiger partial charge in [-0.05, 0) is 37.1 Å². The van der Waals surface area contributed by atoms with Gasteiger partial charge in [0.05, 0.1) is 17.1 Å². The molecule has 3 rings (SSSR count). The normalized spacial score (nSPS) is 16.5. The average Bonchev–Trinajstić information content (AvgIpc) is 3.17. The van der Waals surface area contributed by atoms with Gasteiger partial charge in [0, 0.05) is 38.1 Å². The zero-order chi connectivity index (χ0) is 20.1. The van der Waals surface area contributed by atoms with E-state index >= 15 is 0 Å². The molecule has 2 heterocycles. The number of amidine groups is 1. The first-order valence-electron chi connectivity index (χ1n) is 9.15. The summed E-state index contributed by atoms with van der Waals surface area (Å²) < 4.78 is 13.2. The number of rotatable bonds is 6. The number of amides is 1. The molecule has 0 aliphatic carbocycles. The number of benzene rings is 1. The van der Waals surface area contributed by atoms with Crippen LogP contribution in [-0.2, 0) is 4.79 Å². The van der Waals surface area contributed by atoms with Crippen LogP contribution in [0.15, 0.2) is 30.5 Å². The number of carbonyl (C=O) groups excluding carboxylic acids is 1. The van der Waals surface area contributed by atoms with Crippen molar-refractivity contribution >= 4 is 34.8 Å². The highest BCUT2D eigenvalue weighted by Crippen LogP contribution is 2.20. The summed E-state index contributed by atoms with van der Waals surface area (Å²) in [6, 6.07) is 6.08. The molecule has 1 fully saturated rings. The average molecular weight is 407 g/mol. The van der Waals surface area contributed by atoms with Crippen LogP contribution in [0.5, 0.6) is 0 Å². The number of halogens is 2. The molecule has 1 aliphatic heterocycles. The number of nitrogens with zero attached hydrogens (tertiary/aromatic N) is 1. The molecule has 1 aliphatic rings. The number of aromatic nitrogens is 1. The van der Waals surface area contributed by atoms with Crippen molar-refractivity contribution in [1.29, 1.82) is 5.41 Å². The molecule has 1 unspecified atom stereocenters. The SMILES string of the molecule is CNc1[nH]ccc1C(=N)N1CCCC(NC(=O)CNc2ccc(F)c(Cl)c2)C1. The van der Waals surface area contributed by atoms with Crippen LogP contribution in [0.1, 0.15) is 18.4 Å². The molecule has 1 saturated heterocycles. The van der Waals surface area contributed by atoms with Crippen molar-refractivity contribution in [2.75, 3.05) is 37.3 Å². The first-order chi connectivity index (χ1) is 13.5. The summed E-state index contributed by atoms with van der Waals surface area (Å²) in [6.45, 7) is 1.44. The van der Waals surface area contributed by atoms with E-state index in [9.17, 15) is 9.18 Å². The highest BCUT2D eigenvalue weighted by atomic mass is 35.5. The van der Waals surface area contributed by atoms with E-state index in [1.54, 1.807) is 6.20 Å². The van der Waals surface area contributed by atoms with Gasteiger partial charge in [-0.1, -0.05) is 11.6 Å². The largest absolute Gasteiger partial charge is 0.376 e. The fourth-order valence-electron chi connectivity index (χ4n) is 3.31. The van der Waals surface area contributed by atoms with Crippen molar-refractivity contribution < 1.29 is 9.18 Å². The molecule has 1 aromatic carbocycles. The van der Waals surface area contributed by atoms with Gasteiger partial charge in [-0.2, -0.15) is 0 Å². The Balaban J connectivity index is 1.52. The van der Waals surface area contributed by atoms with Gasteiger partial charge in [0.2, 0.25) is 5.91 Å². The number of aromatic amines is 1. The fourth-order valence-corrected chi connectivity index (χ4v) is 3.49. The molecule has 0 radical (unpaired) electrons. The van der Waals surface area contributed by atoms with E-state index in [0.717, 1.165) is 30.8 Å². The van der Waals surface area contributed by atoms with Crippen LogP contribution in [0, 0.1) is 11.2 Å². The second-order valence-corrected chi connectivity index (χ2v) is 7.11. The summed E-state index contributed by atoms with van der Waals surface area (Å²) in [5, 5.41) is 17.5. The quantitative estimate of drug-likeness (QED) is 0.376. The van der Waals surface area contributed by atoms with Crippen molar-refractivity contribution in [2.45, 2.75) is 18.9 Å². The van der Waals surface area contributed by atoms with E-state index in [-0.39, 0.29) is 23.5 Å². The molecule has 2 aromatic rings. The molecular weight excluding hydrogens is 383 g/mol. The molecule has 1 atom stereocenters. The number of carbonyl (C=O) groups is 1. The number of hydrogen-bond donors (Lipinski definition) is 5. The summed E-state index contributed by atoms with van der Waals surface area (Å²) in [5.41, 5.74) is 1.39. The van der Waals surface area contributed by atoms with Crippen molar-refractivity contribution in [1.82, 2.24) is 15.2 Å². The molecule has 7 nitrogen and oxygen atoms in total. The van der Waals surface area contributed by atoms with Crippen molar-refractivity contribution in [3.05, 3.63) is 46.9 Å². The lowest BCUT2D eigenvalue weighted by molar-refractivity contribution is -0.120. The molecule has 150 valence electrons. The molecule has 1 aromatic heterocycles. The molecule has 9 heteroatoms. The molecule has 5 N–H and O–H groups in total. The highest BCUT2D eigenvalue weighted by molar-refractivity contribution is 6.31. The molecule has 28 heavy (non-hydrogen) atoms. The van der Waals surface area contributed by atoms with Gasteiger partial charge in [0.25, 0.3) is 0 Å². The number of anilines is 2. The Morgan fingerprint density at radius 3 is 3.00 bits per heavy atom. The molecule has 0 spiro atoms. The maximum atomic E-state index is 13.2. The topological polar surface area (TPSA) is 96.0 Å². The number of nitrogens with one attached hydrogen (secondary N) is 5. The number of H-pyrrole nitrogens is 1. The van der Waals surface area contributed by atoms with Gasteiger partial charge in [-0.25, -0.2) is 4.39 Å². The lowest BCUT2D eigenvalue weighted by Crippen LogP contribution is -2.50. The van der Waals surface area contributed by atoms with Crippen molar-refractivity contribution in [2.24, 2.45) is 0 Å². The predicted octanol–water partition coefficient (Wildman–Crippen LogP) is 2.87. The van der Waals surface area contributed by atoms with Crippen LogP contribution < -0.4 is 16.0 Å². The molecule has 0 saturated carbocycles. The molecule has 0 bridgehead atoms. The minimum absolute atomic E-state index is 0.0116. The molecular formula is C19H24ClFN6O. The maximum Gasteiger partial charge on any atom is 0.239 e. The Hall–Kier alpha value is -2.74. The van der Waals surface area contributed by atoms with E-state index in [1.165, 1.54) is 18.2 Å². The van der Waals surface area contributed by atoms with E-state index in [2.05, 4.69) is 20.9 Å². The Kier molecular flexibility index (Phi) is 6.41. The van der Waals surface area contributed by atoms with Crippen molar-refractivity contribution in [3.63, 3.8) is 0 Å². The fraction of sp³-hybridized carbons (Fsp3) is 0.368. The zero-order valence-electron chi connectivity index (χ0n) is 15.6. The van der Waals surface area contributed by atoms with E-state index in [0.29, 0.717) is 18.1 Å². The highest BCUT2D eigenvalue weighted by Gasteiger charge is 2.25. The van der Waals surface area contributed by atoms with Crippen LogP contribution in [-0.4, -0.2) is 54.4 Å². The third kappa shape index (κ3) is 4.75. The number of hydrogen-bond acceptors (Lipinski definition) is 4. The summed E-state index contributed by atoms with van der Waals surface area (Å²) in [5.74, 6) is 0.587. The Bertz CT molecular complexity index is 855. The van der Waals surface area contributed by atoms with Crippen LogP contribution >= 0.6 is 11.6 Å². The van der Waals surface area contributed by atoms with Gasteiger partial charge in [0.1, 0.15) is 17.5 Å². The lowest BCUT2D eigenvalue weighted by Gasteiger charge is -2.34. The summed E-state index contributed by atoms with van der Waals surface area (Å²) in [4.78, 5) is 17.3.